The van der Waals surface area contributed by atoms with Crippen molar-refractivity contribution in [2.45, 2.75) is 39.7 Å². The molecule has 0 radical (unpaired) electrons. The maximum atomic E-state index is 12.4. The van der Waals surface area contributed by atoms with Gasteiger partial charge in [0.15, 0.2) is 0 Å². The van der Waals surface area contributed by atoms with E-state index in [1.807, 2.05) is 30.3 Å². The van der Waals surface area contributed by atoms with Crippen molar-refractivity contribution in [2.75, 3.05) is 6.61 Å². The molecule has 0 spiro atoms. The number of aromatic nitrogens is 2. The first-order valence-electron chi connectivity index (χ1n) is 9.84. The molecule has 3 rings (SSSR count). The van der Waals surface area contributed by atoms with Gasteiger partial charge in [-0.15, -0.1) is 0 Å². The summed E-state index contributed by atoms with van der Waals surface area (Å²) in [6, 6.07) is 13.7. The summed E-state index contributed by atoms with van der Waals surface area (Å²) in [4.78, 5) is 35.0. The zero-order valence-electron chi connectivity index (χ0n) is 17.7. The Labute approximate surface area is 179 Å². The molecule has 0 saturated carbocycles. The van der Waals surface area contributed by atoms with E-state index in [0.717, 1.165) is 17.7 Å². The lowest BCUT2D eigenvalue weighted by Crippen LogP contribution is -2.21. The summed E-state index contributed by atoms with van der Waals surface area (Å²) in [6.45, 7) is 7.67. The Bertz CT molecular complexity index is 1110. The van der Waals surface area contributed by atoms with Gasteiger partial charge in [-0.1, -0.05) is 32.0 Å². The van der Waals surface area contributed by atoms with Crippen molar-refractivity contribution in [3.05, 3.63) is 70.3 Å². The van der Waals surface area contributed by atoms with E-state index >= 15 is 0 Å². The standard InChI is InChI=1S/C21H24N2O2.C2H2O4/c1-15(2)18-10-9-17(13-16(18)3)25-12-6-11-23-14-22-20-8-5-4-7-19(20)21(23)24;3-1(4)2(5)6/h4-5,7-10,13-15H,6,11-12H2,1-3H3;(H,3,4)(H,5,6). The fraction of sp³-hybridized carbons (Fsp3) is 0.304. The van der Waals surface area contributed by atoms with Crippen LogP contribution in [-0.2, 0) is 16.1 Å². The molecule has 0 bridgehead atoms. The Balaban J connectivity index is 0.000000501. The molecule has 0 amide bonds. The van der Waals surface area contributed by atoms with Gasteiger partial charge in [-0.3, -0.25) is 9.36 Å². The zero-order chi connectivity index (χ0) is 23.0. The molecule has 8 nitrogen and oxygen atoms in total. The van der Waals surface area contributed by atoms with Gasteiger partial charge in [0.25, 0.3) is 5.56 Å². The monoisotopic (exact) mass is 426 g/mol. The number of para-hydroxylation sites is 1. The summed E-state index contributed by atoms with van der Waals surface area (Å²) in [5.74, 6) is -2.25. The van der Waals surface area contributed by atoms with Gasteiger partial charge in [0, 0.05) is 6.54 Å². The fourth-order valence-corrected chi connectivity index (χ4v) is 3.08. The molecule has 0 fully saturated rings. The molecule has 31 heavy (non-hydrogen) atoms. The Hall–Kier alpha value is -3.68. The summed E-state index contributed by atoms with van der Waals surface area (Å²) < 4.78 is 7.49. The first kappa shape index (κ1) is 23.6. The van der Waals surface area contributed by atoms with Crippen molar-refractivity contribution >= 4 is 22.8 Å². The first-order valence-corrected chi connectivity index (χ1v) is 9.84. The Morgan fingerprint density at radius 3 is 2.39 bits per heavy atom. The maximum Gasteiger partial charge on any atom is 0.414 e. The average molecular weight is 426 g/mol. The van der Waals surface area contributed by atoms with E-state index in [1.54, 1.807) is 10.9 Å². The second-order valence-electron chi connectivity index (χ2n) is 7.25. The van der Waals surface area contributed by atoms with Crippen LogP contribution in [0.2, 0.25) is 0 Å². The fourth-order valence-electron chi connectivity index (χ4n) is 3.08. The highest BCUT2D eigenvalue weighted by molar-refractivity contribution is 6.27. The third-order valence-electron chi connectivity index (χ3n) is 4.59. The van der Waals surface area contributed by atoms with E-state index in [4.69, 9.17) is 24.5 Å². The van der Waals surface area contributed by atoms with Crippen LogP contribution in [0.15, 0.2) is 53.6 Å². The van der Waals surface area contributed by atoms with Crippen LogP contribution in [0.4, 0.5) is 0 Å². The molecule has 0 aliphatic rings. The highest BCUT2D eigenvalue weighted by atomic mass is 16.5. The minimum Gasteiger partial charge on any atom is -0.494 e. The number of carboxylic acids is 2. The quantitative estimate of drug-likeness (QED) is 0.458. The molecule has 2 aromatic carbocycles. The third kappa shape index (κ3) is 6.67. The summed E-state index contributed by atoms with van der Waals surface area (Å²) in [6.07, 6.45) is 2.37. The summed E-state index contributed by atoms with van der Waals surface area (Å²) >= 11 is 0. The lowest BCUT2D eigenvalue weighted by atomic mass is 9.98. The van der Waals surface area contributed by atoms with Gasteiger partial charge in [0.1, 0.15) is 5.75 Å². The number of fused-ring (bicyclic) bond motifs is 1. The number of ether oxygens (including phenoxy) is 1. The van der Waals surface area contributed by atoms with E-state index < -0.39 is 11.9 Å². The van der Waals surface area contributed by atoms with Gasteiger partial charge in [-0.25, -0.2) is 14.6 Å². The Kier molecular flexibility index (Phi) is 8.31. The molecule has 0 aliphatic carbocycles. The van der Waals surface area contributed by atoms with Crippen LogP contribution in [-0.4, -0.2) is 38.3 Å². The van der Waals surface area contributed by atoms with Crippen molar-refractivity contribution in [1.29, 1.82) is 0 Å². The summed E-state index contributed by atoms with van der Waals surface area (Å²) in [5.41, 5.74) is 3.34. The Morgan fingerprint density at radius 1 is 1.10 bits per heavy atom. The molecule has 0 aliphatic heterocycles. The van der Waals surface area contributed by atoms with E-state index in [1.165, 1.54) is 11.1 Å². The van der Waals surface area contributed by atoms with E-state index in [9.17, 15) is 4.79 Å². The molecule has 164 valence electrons. The maximum absolute atomic E-state index is 12.4. The van der Waals surface area contributed by atoms with Crippen molar-refractivity contribution in [1.82, 2.24) is 9.55 Å². The predicted molar refractivity (Wildman–Crippen MR) is 117 cm³/mol. The molecule has 0 atom stereocenters. The Morgan fingerprint density at radius 2 is 1.77 bits per heavy atom. The van der Waals surface area contributed by atoms with E-state index in [2.05, 4.69) is 37.9 Å². The van der Waals surface area contributed by atoms with Gasteiger partial charge < -0.3 is 14.9 Å². The number of aryl methyl sites for hydroxylation is 2. The second kappa shape index (κ2) is 10.9. The van der Waals surface area contributed by atoms with Crippen LogP contribution in [0.25, 0.3) is 10.9 Å². The van der Waals surface area contributed by atoms with Crippen LogP contribution >= 0.6 is 0 Å². The van der Waals surface area contributed by atoms with Gasteiger partial charge in [0.05, 0.1) is 23.8 Å². The summed E-state index contributed by atoms with van der Waals surface area (Å²) in [5, 5.41) is 15.4. The molecule has 3 aromatic rings. The molecular weight excluding hydrogens is 400 g/mol. The second-order valence-corrected chi connectivity index (χ2v) is 7.25. The number of hydrogen-bond donors (Lipinski definition) is 2. The van der Waals surface area contributed by atoms with Crippen molar-refractivity contribution in [2.24, 2.45) is 0 Å². The van der Waals surface area contributed by atoms with Gasteiger partial charge >= 0.3 is 11.9 Å². The lowest BCUT2D eigenvalue weighted by Gasteiger charge is -2.13. The highest BCUT2D eigenvalue weighted by Gasteiger charge is 2.06. The molecule has 1 aromatic heterocycles. The number of benzene rings is 2. The predicted octanol–water partition coefficient (Wildman–Crippen LogP) is 3.45. The minimum atomic E-state index is -1.82. The number of nitrogens with zero attached hydrogens (tertiary/aromatic N) is 2. The van der Waals surface area contributed by atoms with Crippen molar-refractivity contribution in [3.8, 4) is 5.75 Å². The van der Waals surface area contributed by atoms with Gasteiger partial charge in [0.2, 0.25) is 0 Å². The van der Waals surface area contributed by atoms with Crippen LogP contribution in [0.5, 0.6) is 5.75 Å². The van der Waals surface area contributed by atoms with Crippen LogP contribution in [0.1, 0.15) is 37.3 Å². The van der Waals surface area contributed by atoms with E-state index in [-0.39, 0.29) is 5.56 Å². The third-order valence-corrected chi connectivity index (χ3v) is 4.59. The number of carboxylic acid groups (broad SMARTS) is 2. The SMILES string of the molecule is Cc1cc(OCCCn2cnc3ccccc3c2=O)ccc1C(C)C.O=C(O)C(=O)O. The number of rotatable bonds is 6. The van der Waals surface area contributed by atoms with Crippen molar-refractivity contribution < 1.29 is 24.5 Å². The van der Waals surface area contributed by atoms with Crippen LogP contribution in [0.3, 0.4) is 0 Å². The molecule has 8 heteroatoms. The lowest BCUT2D eigenvalue weighted by molar-refractivity contribution is -0.159. The molecule has 1 heterocycles. The van der Waals surface area contributed by atoms with Crippen molar-refractivity contribution in [3.63, 3.8) is 0 Å². The van der Waals surface area contributed by atoms with E-state index in [0.29, 0.717) is 24.5 Å². The van der Waals surface area contributed by atoms with Crippen LogP contribution in [0, 0.1) is 6.92 Å². The van der Waals surface area contributed by atoms with Gasteiger partial charge in [-0.05, 0) is 54.7 Å². The topological polar surface area (TPSA) is 119 Å². The largest absolute Gasteiger partial charge is 0.494 e. The number of carbonyl (C=O) groups is 2. The molecular formula is C23H26N2O6. The normalized spacial score (nSPS) is 10.5. The molecule has 2 N–H and O–H groups in total. The van der Waals surface area contributed by atoms with Crippen LogP contribution < -0.4 is 10.3 Å². The number of hydrogen-bond acceptors (Lipinski definition) is 5. The highest BCUT2D eigenvalue weighted by Crippen LogP contribution is 2.23. The average Bonchev–Trinajstić information content (AvgIpc) is 2.73. The van der Waals surface area contributed by atoms with Gasteiger partial charge in [-0.2, -0.15) is 0 Å². The minimum absolute atomic E-state index is 0.00253. The molecule has 0 saturated heterocycles. The zero-order valence-corrected chi connectivity index (χ0v) is 17.7. The smallest absolute Gasteiger partial charge is 0.414 e. The summed E-state index contributed by atoms with van der Waals surface area (Å²) in [7, 11) is 0. The first-order chi connectivity index (χ1) is 14.7. The number of aliphatic carboxylic acids is 2. The molecule has 0 unspecified atom stereocenters.